The third kappa shape index (κ3) is 3.31. The number of nitrogens with zero attached hydrogens (tertiary/aromatic N) is 1. The summed E-state index contributed by atoms with van der Waals surface area (Å²) in [6.45, 7) is 0.409. The maximum atomic E-state index is 13.6. The fourth-order valence-corrected chi connectivity index (χ4v) is 1.99. The lowest BCUT2D eigenvalue weighted by atomic mass is 10.1. The molecule has 1 atom stereocenters. The van der Waals surface area contributed by atoms with Gasteiger partial charge in [0.1, 0.15) is 11.9 Å². The van der Waals surface area contributed by atoms with Gasteiger partial charge in [0.25, 0.3) is 0 Å². The summed E-state index contributed by atoms with van der Waals surface area (Å²) in [7, 11) is 0. The Labute approximate surface area is 116 Å². The minimum absolute atomic E-state index is 0.344. The molecule has 0 saturated heterocycles. The quantitative estimate of drug-likeness (QED) is 0.920. The number of nitriles is 1. The molecule has 0 radical (unpaired) electrons. The molecule has 0 aliphatic carbocycles. The first-order valence-corrected chi connectivity index (χ1v) is 6.21. The average molecular weight is 275 g/mol. The third-order valence-electron chi connectivity index (χ3n) is 2.80. The highest BCUT2D eigenvalue weighted by molar-refractivity contribution is 6.31. The molecule has 2 rings (SSSR count). The normalized spacial score (nSPS) is 11.8. The van der Waals surface area contributed by atoms with E-state index in [4.69, 9.17) is 16.9 Å². The van der Waals surface area contributed by atoms with E-state index in [0.717, 1.165) is 5.56 Å². The summed E-state index contributed by atoms with van der Waals surface area (Å²) in [5, 5.41) is 12.8. The second-order valence-electron chi connectivity index (χ2n) is 4.06. The highest BCUT2D eigenvalue weighted by Crippen LogP contribution is 2.19. The fourth-order valence-electron chi connectivity index (χ4n) is 1.79. The Hall–Kier alpha value is -1.89. The summed E-state index contributed by atoms with van der Waals surface area (Å²) < 4.78 is 13.6. The molecule has 0 saturated carbocycles. The molecule has 0 fully saturated rings. The Balaban J connectivity index is 2.12. The van der Waals surface area contributed by atoms with Crippen LogP contribution in [0.25, 0.3) is 0 Å². The molecule has 19 heavy (non-hydrogen) atoms. The summed E-state index contributed by atoms with van der Waals surface area (Å²) >= 11 is 6.03. The predicted molar refractivity (Wildman–Crippen MR) is 73.0 cm³/mol. The fraction of sp³-hybridized carbons (Fsp3) is 0.133. The molecule has 0 bridgehead atoms. The molecular weight excluding hydrogens is 263 g/mol. The standard InChI is InChI=1S/C15H12ClFN2/c16-13-7-3-1-5-11(13)10-19-15(9-18)12-6-2-4-8-14(12)17/h1-8,15,19H,10H2. The van der Waals surface area contributed by atoms with Crippen molar-refractivity contribution in [1.82, 2.24) is 5.32 Å². The van der Waals surface area contributed by atoms with Gasteiger partial charge in [-0.15, -0.1) is 0 Å². The van der Waals surface area contributed by atoms with Gasteiger partial charge >= 0.3 is 0 Å². The maximum Gasteiger partial charge on any atom is 0.129 e. The summed E-state index contributed by atoms with van der Waals surface area (Å²) in [5.74, 6) is -0.388. The zero-order valence-corrected chi connectivity index (χ0v) is 10.9. The Morgan fingerprint density at radius 1 is 1.16 bits per heavy atom. The van der Waals surface area contributed by atoms with Crippen LogP contribution in [-0.4, -0.2) is 0 Å². The molecule has 0 aliphatic rings. The van der Waals surface area contributed by atoms with Crippen molar-refractivity contribution < 1.29 is 4.39 Å². The smallest absolute Gasteiger partial charge is 0.129 e. The third-order valence-corrected chi connectivity index (χ3v) is 3.17. The molecule has 0 aliphatic heterocycles. The number of benzene rings is 2. The van der Waals surface area contributed by atoms with Crippen LogP contribution in [0.3, 0.4) is 0 Å². The SMILES string of the molecule is N#CC(NCc1ccccc1Cl)c1ccccc1F. The van der Waals surface area contributed by atoms with Gasteiger partial charge in [-0.05, 0) is 17.7 Å². The van der Waals surface area contributed by atoms with Crippen molar-refractivity contribution in [3.8, 4) is 6.07 Å². The van der Waals surface area contributed by atoms with Crippen LogP contribution in [0.1, 0.15) is 17.2 Å². The monoisotopic (exact) mass is 274 g/mol. The van der Waals surface area contributed by atoms with E-state index in [0.29, 0.717) is 17.1 Å². The topological polar surface area (TPSA) is 35.8 Å². The van der Waals surface area contributed by atoms with E-state index in [1.54, 1.807) is 24.3 Å². The minimum Gasteiger partial charge on any atom is -0.294 e. The van der Waals surface area contributed by atoms with Crippen LogP contribution in [0.15, 0.2) is 48.5 Å². The van der Waals surface area contributed by atoms with Gasteiger partial charge in [0, 0.05) is 17.1 Å². The van der Waals surface area contributed by atoms with Crippen molar-refractivity contribution >= 4 is 11.6 Å². The summed E-state index contributed by atoms with van der Waals surface area (Å²) in [4.78, 5) is 0. The van der Waals surface area contributed by atoms with Gasteiger partial charge in [-0.1, -0.05) is 48.0 Å². The van der Waals surface area contributed by atoms with Gasteiger partial charge in [-0.25, -0.2) is 4.39 Å². The van der Waals surface area contributed by atoms with Gasteiger partial charge in [-0.2, -0.15) is 5.26 Å². The van der Waals surface area contributed by atoms with Crippen molar-refractivity contribution in [3.63, 3.8) is 0 Å². The molecule has 0 spiro atoms. The highest BCUT2D eigenvalue weighted by Gasteiger charge is 2.14. The van der Waals surface area contributed by atoms with Gasteiger partial charge in [0.2, 0.25) is 0 Å². The van der Waals surface area contributed by atoms with E-state index in [2.05, 4.69) is 11.4 Å². The van der Waals surface area contributed by atoms with Gasteiger partial charge in [-0.3, -0.25) is 5.32 Å². The lowest BCUT2D eigenvalue weighted by Crippen LogP contribution is -2.20. The first kappa shape index (κ1) is 13.5. The largest absolute Gasteiger partial charge is 0.294 e. The van der Waals surface area contributed by atoms with Crippen molar-refractivity contribution in [2.75, 3.05) is 0 Å². The molecule has 1 unspecified atom stereocenters. The van der Waals surface area contributed by atoms with Crippen LogP contribution in [0.5, 0.6) is 0 Å². The second kappa shape index (κ2) is 6.33. The van der Waals surface area contributed by atoms with Gasteiger partial charge in [0.05, 0.1) is 6.07 Å². The Morgan fingerprint density at radius 2 is 1.84 bits per heavy atom. The Bertz CT molecular complexity index is 607. The average Bonchev–Trinajstić information content (AvgIpc) is 2.43. The maximum absolute atomic E-state index is 13.6. The summed E-state index contributed by atoms with van der Waals surface area (Å²) in [6, 6.07) is 15.0. The minimum atomic E-state index is -0.697. The van der Waals surface area contributed by atoms with Crippen LogP contribution in [0.4, 0.5) is 4.39 Å². The Morgan fingerprint density at radius 3 is 2.53 bits per heavy atom. The van der Waals surface area contributed by atoms with Gasteiger partial charge < -0.3 is 0 Å². The lowest BCUT2D eigenvalue weighted by molar-refractivity contribution is 0.562. The van der Waals surface area contributed by atoms with Crippen molar-refractivity contribution in [2.24, 2.45) is 0 Å². The number of hydrogen-bond donors (Lipinski definition) is 1. The molecule has 0 heterocycles. The van der Waals surface area contributed by atoms with Crippen LogP contribution in [0.2, 0.25) is 5.02 Å². The molecule has 0 amide bonds. The van der Waals surface area contributed by atoms with Crippen molar-refractivity contribution in [1.29, 1.82) is 5.26 Å². The predicted octanol–water partition coefficient (Wildman–Crippen LogP) is 3.83. The van der Waals surface area contributed by atoms with E-state index in [9.17, 15) is 4.39 Å². The van der Waals surface area contributed by atoms with Crippen LogP contribution >= 0.6 is 11.6 Å². The first-order chi connectivity index (χ1) is 9.22. The van der Waals surface area contributed by atoms with E-state index >= 15 is 0 Å². The number of rotatable bonds is 4. The number of halogens is 2. The molecule has 2 aromatic rings. The second-order valence-corrected chi connectivity index (χ2v) is 4.46. The van der Waals surface area contributed by atoms with E-state index in [1.165, 1.54) is 6.07 Å². The molecule has 0 aromatic heterocycles. The zero-order chi connectivity index (χ0) is 13.7. The molecule has 2 nitrogen and oxygen atoms in total. The Kier molecular flexibility index (Phi) is 4.51. The molecular formula is C15H12ClFN2. The van der Waals surface area contributed by atoms with Gasteiger partial charge in [0.15, 0.2) is 0 Å². The zero-order valence-electron chi connectivity index (χ0n) is 10.1. The molecule has 1 N–H and O–H groups in total. The number of hydrogen-bond acceptors (Lipinski definition) is 2. The summed E-state index contributed by atoms with van der Waals surface area (Å²) in [6.07, 6.45) is 0. The van der Waals surface area contributed by atoms with Crippen LogP contribution in [-0.2, 0) is 6.54 Å². The van der Waals surface area contributed by atoms with E-state index in [-0.39, 0.29) is 5.82 Å². The first-order valence-electron chi connectivity index (χ1n) is 5.83. The number of nitrogens with one attached hydrogen (secondary N) is 1. The molecule has 4 heteroatoms. The van der Waals surface area contributed by atoms with E-state index in [1.807, 2.05) is 18.2 Å². The molecule has 96 valence electrons. The molecule has 2 aromatic carbocycles. The van der Waals surface area contributed by atoms with Crippen molar-refractivity contribution in [2.45, 2.75) is 12.6 Å². The van der Waals surface area contributed by atoms with Crippen LogP contribution in [0, 0.1) is 17.1 Å². The summed E-state index contributed by atoms with van der Waals surface area (Å²) in [5.41, 5.74) is 1.22. The lowest BCUT2D eigenvalue weighted by Gasteiger charge is -2.13. The van der Waals surface area contributed by atoms with E-state index < -0.39 is 6.04 Å². The van der Waals surface area contributed by atoms with Crippen LogP contribution < -0.4 is 5.32 Å². The van der Waals surface area contributed by atoms with Crippen molar-refractivity contribution in [3.05, 3.63) is 70.5 Å². The highest BCUT2D eigenvalue weighted by atomic mass is 35.5.